The summed E-state index contributed by atoms with van der Waals surface area (Å²) in [6.45, 7) is 2.03. The molecule has 0 heterocycles. The Balaban J connectivity index is 1.80. The van der Waals surface area contributed by atoms with Crippen molar-refractivity contribution in [1.29, 1.82) is 0 Å². The van der Waals surface area contributed by atoms with Gasteiger partial charge in [0.2, 0.25) is 10.0 Å². The molecule has 0 unspecified atom stereocenters. The van der Waals surface area contributed by atoms with Crippen molar-refractivity contribution >= 4 is 21.9 Å². The van der Waals surface area contributed by atoms with Crippen LogP contribution in [-0.2, 0) is 41.9 Å². The number of carbonyl (C=O) groups is 2. The van der Waals surface area contributed by atoms with Crippen molar-refractivity contribution in [2.24, 2.45) is 0 Å². The average Bonchev–Trinajstić information content (AvgIpc) is 2.67. The summed E-state index contributed by atoms with van der Waals surface area (Å²) in [4.78, 5) is 23.8. The van der Waals surface area contributed by atoms with E-state index in [1.54, 1.807) is 12.1 Å². The van der Waals surface area contributed by atoms with Crippen LogP contribution in [0.1, 0.15) is 37.3 Å². The number of esters is 1. The fourth-order valence-corrected chi connectivity index (χ4v) is 4.06. The summed E-state index contributed by atoms with van der Waals surface area (Å²) < 4.78 is 37.1. The van der Waals surface area contributed by atoms with Gasteiger partial charge in [0.15, 0.2) is 6.10 Å². The van der Waals surface area contributed by atoms with E-state index in [1.165, 1.54) is 19.6 Å². The lowest BCUT2D eigenvalue weighted by Crippen LogP contribution is -2.38. The molecular formula is C19H28N2O6S. The van der Waals surface area contributed by atoms with Gasteiger partial charge in [0.1, 0.15) is 0 Å². The zero-order chi connectivity index (χ0) is 20.6. The number of benzene rings is 1. The van der Waals surface area contributed by atoms with Crippen molar-refractivity contribution in [3.8, 4) is 0 Å². The lowest BCUT2D eigenvalue weighted by Gasteiger charge is -2.17. The van der Waals surface area contributed by atoms with Crippen LogP contribution in [0.15, 0.2) is 23.1 Å². The number of aryl methyl sites for hydroxylation is 2. The molecule has 0 bridgehead atoms. The first-order valence-electron chi connectivity index (χ1n) is 9.41. The van der Waals surface area contributed by atoms with Crippen molar-refractivity contribution in [3.63, 3.8) is 0 Å². The Labute approximate surface area is 166 Å². The highest BCUT2D eigenvalue weighted by molar-refractivity contribution is 7.89. The van der Waals surface area contributed by atoms with Gasteiger partial charge in [-0.25, -0.2) is 13.1 Å². The fraction of sp³-hybridized carbons (Fsp3) is 0.579. The Morgan fingerprint density at radius 3 is 2.57 bits per heavy atom. The van der Waals surface area contributed by atoms with Gasteiger partial charge in [-0.2, -0.15) is 0 Å². The van der Waals surface area contributed by atoms with Gasteiger partial charge in [-0.05, 0) is 55.9 Å². The first-order valence-corrected chi connectivity index (χ1v) is 10.9. The number of ether oxygens (including phenoxy) is 2. The molecule has 0 aliphatic heterocycles. The molecule has 1 aliphatic rings. The van der Waals surface area contributed by atoms with Gasteiger partial charge in [-0.15, -0.1) is 0 Å². The molecule has 1 aliphatic carbocycles. The maximum atomic E-state index is 12.4. The van der Waals surface area contributed by atoms with Crippen molar-refractivity contribution in [2.75, 3.05) is 26.8 Å². The highest BCUT2D eigenvalue weighted by Crippen LogP contribution is 2.24. The number of methoxy groups -OCH3 is 1. The second kappa shape index (κ2) is 10.5. The van der Waals surface area contributed by atoms with Crippen molar-refractivity contribution in [2.45, 2.75) is 50.0 Å². The second-order valence-corrected chi connectivity index (χ2v) is 8.47. The first-order chi connectivity index (χ1) is 13.3. The second-order valence-electron chi connectivity index (χ2n) is 6.70. The van der Waals surface area contributed by atoms with E-state index in [0.717, 1.165) is 31.2 Å². The van der Waals surface area contributed by atoms with Crippen LogP contribution in [0.4, 0.5) is 0 Å². The van der Waals surface area contributed by atoms with Crippen LogP contribution < -0.4 is 10.0 Å². The van der Waals surface area contributed by atoms with E-state index >= 15 is 0 Å². The minimum atomic E-state index is -3.70. The van der Waals surface area contributed by atoms with E-state index in [2.05, 4.69) is 10.0 Å². The molecule has 8 nitrogen and oxygen atoms in total. The van der Waals surface area contributed by atoms with Crippen LogP contribution in [0, 0.1) is 0 Å². The minimum Gasteiger partial charge on any atom is -0.453 e. The monoisotopic (exact) mass is 412 g/mol. The standard InChI is InChI=1S/C19H28N2O6S/c1-14(19(23)20-11-12-26-2)27-18(22)9-10-21-28(24,25)17-8-7-15-5-3-4-6-16(15)13-17/h7-8,13-14,21H,3-6,9-12H2,1-2H3,(H,20,23)/t14-/m0/s1. The molecule has 1 aromatic carbocycles. The van der Waals surface area contributed by atoms with E-state index in [-0.39, 0.29) is 17.9 Å². The summed E-state index contributed by atoms with van der Waals surface area (Å²) in [7, 11) is -2.19. The van der Waals surface area contributed by atoms with Gasteiger partial charge in [0.25, 0.3) is 5.91 Å². The Hall–Kier alpha value is -1.97. The molecular weight excluding hydrogens is 384 g/mol. The summed E-state index contributed by atoms with van der Waals surface area (Å²) >= 11 is 0. The molecule has 2 N–H and O–H groups in total. The summed E-state index contributed by atoms with van der Waals surface area (Å²) in [5.41, 5.74) is 2.27. The normalized spacial score (nSPS) is 14.8. The number of nitrogens with one attached hydrogen (secondary N) is 2. The van der Waals surface area contributed by atoms with Crippen LogP contribution in [0.5, 0.6) is 0 Å². The number of amides is 1. The van der Waals surface area contributed by atoms with E-state index in [9.17, 15) is 18.0 Å². The zero-order valence-corrected chi connectivity index (χ0v) is 17.1. The number of hydrogen-bond donors (Lipinski definition) is 2. The Morgan fingerprint density at radius 2 is 1.86 bits per heavy atom. The van der Waals surface area contributed by atoms with Crippen molar-refractivity contribution in [3.05, 3.63) is 29.3 Å². The van der Waals surface area contributed by atoms with Crippen molar-refractivity contribution < 1.29 is 27.5 Å². The van der Waals surface area contributed by atoms with Crippen molar-refractivity contribution in [1.82, 2.24) is 10.0 Å². The molecule has 0 saturated carbocycles. The number of carbonyl (C=O) groups excluding carboxylic acids is 2. The molecule has 9 heteroatoms. The molecule has 0 saturated heterocycles. The van der Waals surface area contributed by atoms with E-state index in [1.807, 2.05) is 6.07 Å². The van der Waals surface area contributed by atoms with E-state index in [0.29, 0.717) is 13.2 Å². The number of fused-ring (bicyclic) bond motifs is 1. The molecule has 1 aromatic rings. The lowest BCUT2D eigenvalue weighted by atomic mass is 9.92. The van der Waals surface area contributed by atoms with Crippen LogP contribution in [0.25, 0.3) is 0 Å². The maximum Gasteiger partial charge on any atom is 0.307 e. The Bertz CT molecular complexity index is 794. The number of sulfonamides is 1. The Kier molecular flexibility index (Phi) is 8.40. The largest absolute Gasteiger partial charge is 0.453 e. The fourth-order valence-electron chi connectivity index (χ4n) is 2.98. The molecule has 156 valence electrons. The maximum absolute atomic E-state index is 12.4. The molecule has 1 amide bonds. The highest BCUT2D eigenvalue weighted by Gasteiger charge is 2.20. The third kappa shape index (κ3) is 6.57. The topological polar surface area (TPSA) is 111 Å². The lowest BCUT2D eigenvalue weighted by molar-refractivity contribution is -0.154. The third-order valence-corrected chi connectivity index (χ3v) is 5.99. The molecule has 28 heavy (non-hydrogen) atoms. The van der Waals surface area contributed by atoms with Gasteiger partial charge in [-0.3, -0.25) is 9.59 Å². The van der Waals surface area contributed by atoms with Crippen LogP contribution >= 0.6 is 0 Å². The predicted molar refractivity (Wildman–Crippen MR) is 103 cm³/mol. The molecule has 0 aromatic heterocycles. The first kappa shape index (κ1) is 22.3. The molecule has 0 spiro atoms. The van der Waals surface area contributed by atoms with E-state index in [4.69, 9.17) is 9.47 Å². The molecule has 0 radical (unpaired) electrons. The smallest absolute Gasteiger partial charge is 0.307 e. The minimum absolute atomic E-state index is 0.101. The zero-order valence-electron chi connectivity index (χ0n) is 16.3. The highest BCUT2D eigenvalue weighted by atomic mass is 32.2. The van der Waals surface area contributed by atoms with Gasteiger partial charge in [0.05, 0.1) is 17.9 Å². The summed E-state index contributed by atoms with van der Waals surface area (Å²) in [6, 6.07) is 5.17. The molecule has 1 atom stereocenters. The SMILES string of the molecule is COCCNC(=O)[C@H](C)OC(=O)CCNS(=O)(=O)c1ccc2c(c1)CCCC2. The Morgan fingerprint density at radius 1 is 1.14 bits per heavy atom. The van der Waals surface area contributed by atoms with Crippen LogP contribution in [0.3, 0.4) is 0 Å². The van der Waals surface area contributed by atoms with Gasteiger partial charge in [-0.1, -0.05) is 6.07 Å². The summed E-state index contributed by atoms with van der Waals surface area (Å²) in [5, 5.41) is 2.56. The van der Waals surface area contributed by atoms with Gasteiger partial charge in [0, 0.05) is 20.2 Å². The summed E-state index contributed by atoms with van der Waals surface area (Å²) in [5.74, 6) is -1.08. The average molecular weight is 413 g/mol. The number of hydrogen-bond acceptors (Lipinski definition) is 6. The molecule has 0 fully saturated rings. The van der Waals surface area contributed by atoms with Crippen LogP contribution in [-0.4, -0.2) is 53.2 Å². The van der Waals surface area contributed by atoms with Gasteiger partial charge < -0.3 is 14.8 Å². The quantitative estimate of drug-likeness (QED) is 0.437. The van der Waals surface area contributed by atoms with Gasteiger partial charge >= 0.3 is 5.97 Å². The third-order valence-electron chi connectivity index (χ3n) is 4.53. The number of rotatable bonds is 10. The summed E-state index contributed by atoms with van der Waals surface area (Å²) in [6.07, 6.45) is 2.93. The molecule has 2 rings (SSSR count). The predicted octanol–water partition coefficient (Wildman–Crippen LogP) is 0.928. The van der Waals surface area contributed by atoms with Crippen LogP contribution in [0.2, 0.25) is 0 Å². The van der Waals surface area contributed by atoms with E-state index < -0.39 is 28.0 Å².